The van der Waals surface area contributed by atoms with Crippen LogP contribution in [0.15, 0.2) is 381 Å². The summed E-state index contributed by atoms with van der Waals surface area (Å²) in [7, 11) is 0. The first-order valence-electron chi connectivity index (χ1n) is 38.2. The summed E-state index contributed by atoms with van der Waals surface area (Å²) in [6.07, 6.45) is 0. The topological polar surface area (TPSA) is 110 Å². The van der Waals surface area contributed by atoms with Crippen molar-refractivity contribution in [2.75, 3.05) is 0 Å². The Morgan fingerprint density at radius 1 is 0.193 bits per heavy atom. The summed E-state index contributed by atoms with van der Waals surface area (Å²) >= 11 is 1.81. The van der Waals surface area contributed by atoms with Crippen LogP contribution in [-0.4, -0.2) is 48.2 Å². The highest BCUT2D eigenvalue weighted by atomic mass is 32.1. The lowest BCUT2D eigenvalue weighted by Crippen LogP contribution is -2.00. The number of thiophene rings is 1. The summed E-state index contributed by atoms with van der Waals surface area (Å²) < 4.78 is 18.4. The van der Waals surface area contributed by atoms with Gasteiger partial charge >= 0.3 is 0 Å². The van der Waals surface area contributed by atoms with E-state index in [1.54, 1.807) is 0 Å². The predicted octanol–water partition coefficient (Wildman–Crippen LogP) is 26.4. The standard InChI is InChI=1S/C51H31N5O.C51H31N5S/c1-3-13-32(14-4-1)49-52-50(33-15-5-2-6-16-33)54-51(53-49)34-23-27-47-41(29-34)42-31-36(25-28-48(42)57-47)56-45-22-12-9-19-39(45)40-30-35(24-26-46(40)56)55-43-20-10-7-17-37(43)38-18-8-11-21-44(38)55;1-3-15-32(16-4-1)49-52-50(33-17-5-2-6-18-33)54-51(53-49)40-24-13-22-38-39-23-14-28-46(48(39)57-47(38)40)56-44-27-12-9-21-37(44)41-31-34(29-30-45(41)56)55-42-25-10-7-19-35(42)36-20-8-11-26-43(36)55/h2*1-31H. The molecule has 0 unspecified atom stereocenters. The van der Waals surface area contributed by atoms with Gasteiger partial charge in [-0.3, -0.25) is 0 Å². The van der Waals surface area contributed by atoms with Gasteiger partial charge < -0.3 is 22.7 Å². The van der Waals surface area contributed by atoms with Crippen LogP contribution in [0.3, 0.4) is 0 Å². The molecule has 114 heavy (non-hydrogen) atoms. The molecule has 0 radical (unpaired) electrons. The minimum absolute atomic E-state index is 0.608. The highest BCUT2D eigenvalue weighted by Crippen LogP contribution is 2.46. The Morgan fingerprint density at radius 2 is 0.491 bits per heavy atom. The zero-order valence-electron chi connectivity index (χ0n) is 61.1. The van der Waals surface area contributed by atoms with E-state index in [1.807, 2.05) is 121 Å². The molecule has 0 aliphatic heterocycles. The molecule has 0 aliphatic carbocycles. The molecule has 0 spiro atoms. The number of furan rings is 1. The Balaban J connectivity index is 0.000000135. The van der Waals surface area contributed by atoms with E-state index in [0.717, 1.165) is 93.8 Å². The Kier molecular flexibility index (Phi) is 14.9. The number of para-hydroxylation sites is 6. The van der Waals surface area contributed by atoms with Gasteiger partial charge in [-0.1, -0.05) is 255 Å². The van der Waals surface area contributed by atoms with Crippen molar-refractivity contribution in [1.29, 1.82) is 0 Å². The Labute approximate surface area is 656 Å². The predicted molar refractivity (Wildman–Crippen MR) is 470 cm³/mol. The van der Waals surface area contributed by atoms with E-state index in [2.05, 4.69) is 285 Å². The number of benzene rings is 16. The average Bonchev–Trinajstić information content (AvgIpc) is 1.60. The van der Waals surface area contributed by atoms with Gasteiger partial charge in [-0.2, -0.15) is 0 Å². The van der Waals surface area contributed by atoms with Gasteiger partial charge in [0.1, 0.15) is 11.2 Å². The van der Waals surface area contributed by atoms with E-state index in [-0.39, 0.29) is 0 Å². The van der Waals surface area contributed by atoms with Crippen LogP contribution >= 0.6 is 11.3 Å². The third kappa shape index (κ3) is 10.5. The second kappa shape index (κ2) is 26.2. The van der Waals surface area contributed by atoms with Gasteiger partial charge in [0.05, 0.1) is 54.5 Å². The quantitative estimate of drug-likeness (QED) is 0.134. The molecule has 0 atom stereocenters. The summed E-state index contributed by atoms with van der Waals surface area (Å²) in [5.74, 6) is 3.85. The zero-order valence-corrected chi connectivity index (χ0v) is 61.9. The van der Waals surface area contributed by atoms with Crippen LogP contribution in [-0.2, 0) is 0 Å². The van der Waals surface area contributed by atoms with Crippen molar-refractivity contribution >= 4 is 141 Å². The molecule has 12 heteroatoms. The smallest absolute Gasteiger partial charge is 0.165 e. The molecule has 8 aromatic heterocycles. The monoisotopic (exact) mass is 1470 g/mol. The lowest BCUT2D eigenvalue weighted by Gasteiger charge is -2.11. The van der Waals surface area contributed by atoms with Crippen molar-refractivity contribution in [1.82, 2.24) is 48.2 Å². The summed E-state index contributed by atoms with van der Waals surface area (Å²) in [5.41, 5.74) is 21.2. The van der Waals surface area contributed by atoms with Gasteiger partial charge in [0.2, 0.25) is 0 Å². The Hall–Kier alpha value is -15.2. The second-order valence-corrected chi connectivity index (χ2v) is 29.9. The fourth-order valence-corrected chi connectivity index (χ4v) is 18.5. The molecule has 0 N–H and O–H groups in total. The zero-order chi connectivity index (χ0) is 74.9. The third-order valence-electron chi connectivity index (χ3n) is 22.3. The third-order valence-corrected chi connectivity index (χ3v) is 23.6. The largest absolute Gasteiger partial charge is 0.456 e. The average molecular weight is 1480 g/mol. The van der Waals surface area contributed by atoms with Gasteiger partial charge in [0.25, 0.3) is 0 Å². The van der Waals surface area contributed by atoms with Crippen molar-refractivity contribution < 1.29 is 4.42 Å². The molecule has 0 aliphatic rings. The lowest BCUT2D eigenvalue weighted by molar-refractivity contribution is 0.669. The highest BCUT2D eigenvalue weighted by Gasteiger charge is 2.24. The first-order chi connectivity index (χ1) is 56.5. The minimum Gasteiger partial charge on any atom is -0.456 e. The fraction of sp³-hybridized carbons (Fsp3) is 0. The first-order valence-corrected chi connectivity index (χ1v) is 39.0. The molecule has 24 aromatic rings. The molecule has 11 nitrogen and oxygen atoms in total. The molecule has 0 bridgehead atoms. The maximum Gasteiger partial charge on any atom is 0.165 e. The number of nitrogens with zero attached hydrogens (tertiary/aromatic N) is 10. The Bertz CT molecular complexity index is 7770. The SMILES string of the molecule is c1ccc(-c2nc(-c3ccccc3)nc(-c3ccc4oc5ccc(-n6c7ccccc7c7cc(-n8c9ccccc9c9ccccc98)ccc76)cc5c4c3)n2)cc1.c1ccc(-c2nc(-c3ccccc3)nc(-c3cccc4c3sc3c(-n5c6ccccc6c6cc(-n7c8ccccc8c8ccccc87)ccc65)cccc34)n2)cc1. The van der Waals surface area contributed by atoms with Crippen LogP contribution in [0.4, 0.5) is 0 Å². The molecule has 532 valence electrons. The van der Waals surface area contributed by atoms with Crippen molar-refractivity contribution in [2.45, 2.75) is 0 Å². The van der Waals surface area contributed by atoms with Gasteiger partial charge in [0.15, 0.2) is 34.9 Å². The summed E-state index contributed by atoms with van der Waals surface area (Å²) in [5, 5.41) is 14.3. The molecule has 24 rings (SSSR count). The lowest BCUT2D eigenvalue weighted by atomic mass is 10.1. The van der Waals surface area contributed by atoms with Crippen molar-refractivity contribution in [3.8, 4) is 91.1 Å². The number of hydrogen-bond acceptors (Lipinski definition) is 8. The van der Waals surface area contributed by atoms with Crippen LogP contribution in [0.1, 0.15) is 0 Å². The van der Waals surface area contributed by atoms with Gasteiger partial charge in [-0.15, -0.1) is 11.3 Å². The summed E-state index contributed by atoms with van der Waals surface area (Å²) in [4.78, 5) is 30.1. The molecule has 0 saturated heterocycles. The van der Waals surface area contributed by atoms with Crippen LogP contribution in [0.25, 0.3) is 220 Å². The molecular weight excluding hydrogens is 1410 g/mol. The van der Waals surface area contributed by atoms with Crippen molar-refractivity contribution in [2.24, 2.45) is 0 Å². The second-order valence-electron chi connectivity index (χ2n) is 28.9. The van der Waals surface area contributed by atoms with E-state index in [4.69, 9.17) is 34.3 Å². The van der Waals surface area contributed by atoms with Gasteiger partial charge in [0, 0.05) is 120 Å². The Morgan fingerprint density at radius 3 is 0.921 bits per heavy atom. The number of hydrogen-bond donors (Lipinski definition) is 0. The van der Waals surface area contributed by atoms with E-state index in [0.29, 0.717) is 34.9 Å². The fourth-order valence-electron chi connectivity index (χ4n) is 17.2. The number of rotatable bonds is 10. The maximum atomic E-state index is 6.44. The van der Waals surface area contributed by atoms with E-state index >= 15 is 0 Å². The van der Waals surface area contributed by atoms with Crippen molar-refractivity contribution in [3.05, 3.63) is 376 Å². The molecule has 0 saturated carbocycles. The molecule has 0 amide bonds. The normalized spacial score (nSPS) is 11.9. The van der Waals surface area contributed by atoms with Crippen LogP contribution < -0.4 is 0 Å². The van der Waals surface area contributed by atoms with E-state index in [9.17, 15) is 0 Å². The number of fused-ring (bicyclic) bond motifs is 18. The highest BCUT2D eigenvalue weighted by molar-refractivity contribution is 7.26. The molecule has 0 fully saturated rings. The van der Waals surface area contributed by atoms with Gasteiger partial charge in [-0.25, -0.2) is 29.9 Å². The molecular formula is C102H62N10OS. The molecule has 8 heterocycles. The van der Waals surface area contributed by atoms with E-state index in [1.165, 1.54) is 91.7 Å². The first kappa shape index (κ1) is 64.7. The van der Waals surface area contributed by atoms with E-state index < -0.39 is 0 Å². The van der Waals surface area contributed by atoms with Gasteiger partial charge in [-0.05, 0) is 121 Å². The maximum absolute atomic E-state index is 6.44. The number of aromatic nitrogens is 10. The van der Waals surface area contributed by atoms with Crippen LogP contribution in [0.2, 0.25) is 0 Å². The minimum atomic E-state index is 0.608. The van der Waals surface area contributed by atoms with Crippen LogP contribution in [0.5, 0.6) is 0 Å². The van der Waals surface area contributed by atoms with Crippen molar-refractivity contribution in [3.63, 3.8) is 0 Å². The summed E-state index contributed by atoms with van der Waals surface area (Å²) in [6, 6.07) is 132. The summed E-state index contributed by atoms with van der Waals surface area (Å²) in [6.45, 7) is 0. The molecule has 16 aromatic carbocycles. The van der Waals surface area contributed by atoms with Crippen LogP contribution in [0, 0.1) is 0 Å².